The first kappa shape index (κ1) is 14.5. The van der Waals surface area contributed by atoms with Crippen LogP contribution in [0.4, 0.5) is 0 Å². The molecule has 2 rings (SSSR count). The average molecular weight is 276 g/mol. The van der Waals surface area contributed by atoms with Crippen LogP contribution in [0.15, 0.2) is 18.3 Å². The number of hydrogen-bond acceptors (Lipinski definition) is 3. The molecule has 0 radical (unpaired) electrons. The molecule has 1 aromatic rings. The van der Waals surface area contributed by atoms with E-state index in [1.54, 1.807) is 0 Å². The molecule has 5 heteroatoms. The normalized spacial score (nSPS) is 22.2. The zero-order valence-electron chi connectivity index (χ0n) is 11.6. The molecule has 1 heterocycles. The Hall–Kier alpha value is -1.91. The predicted octanol–water partition coefficient (Wildman–Crippen LogP) is 2.48. The van der Waals surface area contributed by atoms with Crippen molar-refractivity contribution < 1.29 is 14.7 Å². The highest BCUT2D eigenvalue weighted by molar-refractivity contribution is 5.95. The van der Waals surface area contributed by atoms with E-state index in [0.717, 1.165) is 25.7 Å². The van der Waals surface area contributed by atoms with Gasteiger partial charge in [0, 0.05) is 12.2 Å². The summed E-state index contributed by atoms with van der Waals surface area (Å²) in [4.78, 5) is 27.0. The molecule has 0 spiro atoms. The van der Waals surface area contributed by atoms with Crippen LogP contribution in [0.3, 0.4) is 0 Å². The standard InChI is InChI=1S/C15H20N2O3/c1-2-10-4-3-5-12(8-10)17-14(18)13-9-11(15(19)20)6-7-16-13/h6-7,9-10,12H,2-5,8H2,1H3,(H,17,18)(H,19,20). The molecule has 2 N–H and O–H groups in total. The van der Waals surface area contributed by atoms with Crippen LogP contribution >= 0.6 is 0 Å². The van der Waals surface area contributed by atoms with Crippen molar-refractivity contribution in [1.82, 2.24) is 10.3 Å². The summed E-state index contributed by atoms with van der Waals surface area (Å²) in [5.74, 6) is -0.660. The number of pyridine rings is 1. The first-order chi connectivity index (χ1) is 9.60. The van der Waals surface area contributed by atoms with Crippen molar-refractivity contribution in [2.45, 2.75) is 45.1 Å². The zero-order chi connectivity index (χ0) is 14.5. The monoisotopic (exact) mass is 276 g/mol. The smallest absolute Gasteiger partial charge is 0.335 e. The molecule has 0 saturated heterocycles. The van der Waals surface area contributed by atoms with Crippen molar-refractivity contribution in [3.8, 4) is 0 Å². The first-order valence-corrected chi connectivity index (χ1v) is 7.10. The van der Waals surface area contributed by atoms with Gasteiger partial charge in [-0.05, 0) is 30.9 Å². The van der Waals surface area contributed by atoms with E-state index in [1.807, 2.05) is 0 Å². The number of hydrogen-bond donors (Lipinski definition) is 2. The van der Waals surface area contributed by atoms with Crippen LogP contribution in [0.2, 0.25) is 0 Å². The van der Waals surface area contributed by atoms with Gasteiger partial charge in [-0.1, -0.05) is 26.2 Å². The average Bonchev–Trinajstić information content (AvgIpc) is 2.47. The van der Waals surface area contributed by atoms with E-state index in [1.165, 1.54) is 24.8 Å². The van der Waals surface area contributed by atoms with Gasteiger partial charge in [0.05, 0.1) is 5.56 Å². The number of nitrogens with zero attached hydrogens (tertiary/aromatic N) is 1. The molecule has 1 aliphatic carbocycles. The Morgan fingerprint density at radius 2 is 2.25 bits per heavy atom. The molecule has 5 nitrogen and oxygen atoms in total. The number of carbonyl (C=O) groups is 2. The van der Waals surface area contributed by atoms with Gasteiger partial charge < -0.3 is 10.4 Å². The van der Waals surface area contributed by atoms with Crippen LogP contribution in [-0.4, -0.2) is 28.0 Å². The second-order valence-electron chi connectivity index (χ2n) is 5.35. The maximum Gasteiger partial charge on any atom is 0.335 e. The summed E-state index contributed by atoms with van der Waals surface area (Å²) in [6.07, 6.45) is 6.84. The minimum Gasteiger partial charge on any atom is -0.478 e. The lowest BCUT2D eigenvalue weighted by atomic mass is 9.84. The predicted molar refractivity (Wildman–Crippen MR) is 74.7 cm³/mol. The topological polar surface area (TPSA) is 79.3 Å². The summed E-state index contributed by atoms with van der Waals surface area (Å²) < 4.78 is 0. The molecule has 1 fully saturated rings. The molecule has 1 aliphatic rings. The summed E-state index contributed by atoms with van der Waals surface area (Å²) in [6.45, 7) is 2.17. The zero-order valence-corrected chi connectivity index (χ0v) is 11.6. The fourth-order valence-electron chi connectivity index (χ4n) is 2.74. The number of nitrogens with one attached hydrogen (secondary N) is 1. The fraction of sp³-hybridized carbons (Fsp3) is 0.533. The number of amides is 1. The third-order valence-electron chi connectivity index (χ3n) is 3.93. The Balaban J connectivity index is 2.01. The quantitative estimate of drug-likeness (QED) is 0.885. The first-order valence-electron chi connectivity index (χ1n) is 7.10. The van der Waals surface area contributed by atoms with E-state index in [4.69, 9.17) is 5.11 Å². The molecular weight excluding hydrogens is 256 g/mol. The van der Waals surface area contributed by atoms with Crippen molar-refractivity contribution in [3.05, 3.63) is 29.6 Å². The second-order valence-corrected chi connectivity index (χ2v) is 5.35. The van der Waals surface area contributed by atoms with Crippen molar-refractivity contribution in [2.24, 2.45) is 5.92 Å². The van der Waals surface area contributed by atoms with Crippen LogP contribution in [0.1, 0.15) is 59.9 Å². The van der Waals surface area contributed by atoms with Crippen LogP contribution in [-0.2, 0) is 0 Å². The second kappa shape index (κ2) is 6.50. The summed E-state index contributed by atoms with van der Waals surface area (Å²) >= 11 is 0. The van der Waals surface area contributed by atoms with Crippen molar-refractivity contribution in [3.63, 3.8) is 0 Å². The van der Waals surface area contributed by atoms with Gasteiger partial charge in [0.2, 0.25) is 0 Å². The highest BCUT2D eigenvalue weighted by atomic mass is 16.4. The van der Waals surface area contributed by atoms with Gasteiger partial charge in [0.25, 0.3) is 5.91 Å². The van der Waals surface area contributed by atoms with Gasteiger partial charge in [0.1, 0.15) is 5.69 Å². The molecule has 0 aliphatic heterocycles. The molecule has 1 amide bonds. The van der Waals surface area contributed by atoms with Crippen molar-refractivity contribution in [2.75, 3.05) is 0 Å². The molecule has 1 saturated carbocycles. The lowest BCUT2D eigenvalue weighted by Gasteiger charge is -2.28. The maximum atomic E-state index is 12.1. The van der Waals surface area contributed by atoms with Crippen LogP contribution in [0.25, 0.3) is 0 Å². The number of carboxylic acid groups (broad SMARTS) is 1. The fourth-order valence-corrected chi connectivity index (χ4v) is 2.74. The number of rotatable bonds is 4. The van der Waals surface area contributed by atoms with Gasteiger partial charge >= 0.3 is 5.97 Å². The van der Waals surface area contributed by atoms with Crippen LogP contribution in [0, 0.1) is 5.92 Å². The van der Waals surface area contributed by atoms with Gasteiger partial charge in [-0.3, -0.25) is 9.78 Å². The highest BCUT2D eigenvalue weighted by Crippen LogP contribution is 2.26. The molecule has 0 aromatic carbocycles. The van der Waals surface area contributed by atoms with E-state index in [0.29, 0.717) is 5.92 Å². The minimum atomic E-state index is -1.05. The molecule has 1 aromatic heterocycles. The van der Waals surface area contributed by atoms with E-state index < -0.39 is 5.97 Å². The lowest BCUT2D eigenvalue weighted by Crippen LogP contribution is -2.38. The van der Waals surface area contributed by atoms with Crippen molar-refractivity contribution >= 4 is 11.9 Å². The van der Waals surface area contributed by atoms with Crippen LogP contribution in [0.5, 0.6) is 0 Å². The van der Waals surface area contributed by atoms with E-state index in [2.05, 4.69) is 17.2 Å². The summed E-state index contributed by atoms with van der Waals surface area (Å²) in [5.41, 5.74) is 0.253. The van der Waals surface area contributed by atoms with Gasteiger partial charge in [-0.15, -0.1) is 0 Å². The Morgan fingerprint density at radius 3 is 2.95 bits per heavy atom. The Morgan fingerprint density at radius 1 is 1.45 bits per heavy atom. The molecule has 0 bridgehead atoms. The Labute approximate surface area is 118 Å². The minimum absolute atomic E-state index is 0.0835. The number of carboxylic acids is 1. The van der Waals surface area contributed by atoms with Crippen molar-refractivity contribution in [1.29, 1.82) is 0 Å². The lowest BCUT2D eigenvalue weighted by molar-refractivity contribution is 0.0696. The van der Waals surface area contributed by atoms with E-state index in [9.17, 15) is 9.59 Å². The van der Waals surface area contributed by atoms with E-state index >= 15 is 0 Å². The van der Waals surface area contributed by atoms with Gasteiger partial charge in [-0.2, -0.15) is 0 Å². The molecule has 2 unspecified atom stereocenters. The van der Waals surface area contributed by atoms with Gasteiger partial charge in [0.15, 0.2) is 0 Å². The third kappa shape index (κ3) is 3.56. The third-order valence-corrected chi connectivity index (χ3v) is 3.93. The SMILES string of the molecule is CCC1CCCC(NC(=O)c2cc(C(=O)O)ccn2)C1. The Bertz CT molecular complexity index is 502. The number of carbonyl (C=O) groups excluding carboxylic acids is 1. The highest BCUT2D eigenvalue weighted by Gasteiger charge is 2.23. The maximum absolute atomic E-state index is 12.1. The number of aromatic nitrogens is 1. The largest absolute Gasteiger partial charge is 0.478 e. The summed E-state index contributed by atoms with van der Waals surface area (Å²) in [5, 5.41) is 11.9. The molecule has 108 valence electrons. The van der Waals surface area contributed by atoms with E-state index in [-0.39, 0.29) is 23.2 Å². The van der Waals surface area contributed by atoms with Gasteiger partial charge in [-0.25, -0.2) is 4.79 Å². The number of aromatic carboxylic acids is 1. The molecular formula is C15H20N2O3. The summed E-state index contributed by atoms with van der Waals surface area (Å²) in [7, 11) is 0. The van der Waals surface area contributed by atoms with Crippen LogP contribution < -0.4 is 5.32 Å². The molecule has 20 heavy (non-hydrogen) atoms. The Kier molecular flexibility index (Phi) is 4.71. The summed E-state index contributed by atoms with van der Waals surface area (Å²) in [6, 6.07) is 2.88. The molecule has 2 atom stereocenters.